The lowest BCUT2D eigenvalue weighted by Crippen LogP contribution is -1.99. The second kappa shape index (κ2) is 6.04. The van der Waals surface area contributed by atoms with Crippen LogP contribution in [-0.4, -0.2) is 0 Å². The number of hydrogen-bond donors (Lipinski definition) is 0. The van der Waals surface area contributed by atoms with Gasteiger partial charge in [0.25, 0.3) is 0 Å². The van der Waals surface area contributed by atoms with E-state index in [2.05, 4.69) is 15.9 Å². The maximum atomic E-state index is 13.7. The van der Waals surface area contributed by atoms with Crippen LogP contribution in [0.15, 0.2) is 59.1 Å². The molecule has 0 N–H and O–H groups in total. The first-order valence-corrected chi connectivity index (χ1v) is 7.56. The van der Waals surface area contributed by atoms with Crippen molar-refractivity contribution >= 4 is 38.3 Å². The van der Waals surface area contributed by atoms with Gasteiger partial charge < -0.3 is 4.74 Å². The number of ether oxygens (including phenoxy) is 1. The molecule has 0 unspecified atom stereocenters. The van der Waals surface area contributed by atoms with Crippen molar-refractivity contribution in [3.8, 4) is 5.75 Å². The Morgan fingerprint density at radius 3 is 2.71 bits per heavy atom. The van der Waals surface area contributed by atoms with E-state index < -0.39 is 0 Å². The fraction of sp³-hybridized carbons (Fsp3) is 0.0588. The van der Waals surface area contributed by atoms with Gasteiger partial charge in [-0.2, -0.15) is 0 Å². The van der Waals surface area contributed by atoms with Crippen LogP contribution in [0.2, 0.25) is 5.02 Å². The molecule has 0 aliphatic rings. The fourth-order valence-corrected chi connectivity index (χ4v) is 2.94. The summed E-state index contributed by atoms with van der Waals surface area (Å²) < 4.78 is 20.3. The lowest BCUT2D eigenvalue weighted by molar-refractivity contribution is 0.298. The quantitative estimate of drug-likeness (QED) is 0.555. The smallest absolute Gasteiger partial charge is 0.134 e. The number of halogens is 3. The molecule has 0 amide bonds. The van der Waals surface area contributed by atoms with Gasteiger partial charge >= 0.3 is 0 Å². The molecule has 0 aliphatic heterocycles. The van der Waals surface area contributed by atoms with E-state index in [0.717, 1.165) is 15.2 Å². The molecule has 0 aliphatic carbocycles. The first-order chi connectivity index (χ1) is 10.1. The molecule has 0 fully saturated rings. The SMILES string of the molecule is Fc1ccc(Cl)cc1COc1ccc2ccccc2c1Br. The molecule has 0 bridgehead atoms. The highest BCUT2D eigenvalue weighted by molar-refractivity contribution is 9.10. The van der Waals surface area contributed by atoms with Crippen LogP contribution in [0.1, 0.15) is 5.56 Å². The second-order valence-corrected chi connectivity index (χ2v) is 5.85. The van der Waals surface area contributed by atoms with Gasteiger partial charge in [-0.15, -0.1) is 0 Å². The van der Waals surface area contributed by atoms with E-state index in [1.807, 2.05) is 36.4 Å². The average Bonchev–Trinajstić information content (AvgIpc) is 2.50. The summed E-state index contributed by atoms with van der Waals surface area (Å²) in [5, 5.41) is 2.67. The van der Waals surface area contributed by atoms with Gasteiger partial charge in [-0.05, 0) is 51.0 Å². The van der Waals surface area contributed by atoms with Gasteiger partial charge in [0.1, 0.15) is 18.2 Å². The van der Waals surface area contributed by atoms with Gasteiger partial charge in [0.2, 0.25) is 0 Å². The molecule has 0 heterocycles. The third-order valence-corrected chi connectivity index (χ3v) is 4.27. The van der Waals surface area contributed by atoms with Crippen LogP contribution in [0, 0.1) is 5.82 Å². The second-order valence-electron chi connectivity index (χ2n) is 4.62. The Morgan fingerprint density at radius 1 is 1.05 bits per heavy atom. The van der Waals surface area contributed by atoms with E-state index in [4.69, 9.17) is 16.3 Å². The third-order valence-electron chi connectivity index (χ3n) is 3.22. The van der Waals surface area contributed by atoms with Crippen molar-refractivity contribution in [1.82, 2.24) is 0 Å². The Balaban J connectivity index is 1.88. The van der Waals surface area contributed by atoms with E-state index in [9.17, 15) is 4.39 Å². The van der Waals surface area contributed by atoms with E-state index in [1.54, 1.807) is 6.07 Å². The molecular formula is C17H11BrClFO. The van der Waals surface area contributed by atoms with E-state index in [1.165, 1.54) is 12.1 Å². The normalized spacial score (nSPS) is 10.8. The molecule has 106 valence electrons. The Hall–Kier alpha value is -1.58. The van der Waals surface area contributed by atoms with Crippen molar-refractivity contribution in [2.24, 2.45) is 0 Å². The summed E-state index contributed by atoms with van der Waals surface area (Å²) in [5.74, 6) is 0.351. The summed E-state index contributed by atoms with van der Waals surface area (Å²) in [4.78, 5) is 0. The van der Waals surface area contributed by atoms with Gasteiger partial charge in [-0.1, -0.05) is 41.9 Å². The Bertz CT molecular complexity index is 804. The van der Waals surface area contributed by atoms with Crippen molar-refractivity contribution < 1.29 is 9.13 Å². The molecular weight excluding hydrogens is 355 g/mol. The van der Waals surface area contributed by atoms with E-state index in [-0.39, 0.29) is 12.4 Å². The van der Waals surface area contributed by atoms with E-state index in [0.29, 0.717) is 16.3 Å². The predicted octanol–water partition coefficient (Wildman–Crippen LogP) is 5.97. The van der Waals surface area contributed by atoms with Crippen molar-refractivity contribution in [3.05, 3.63) is 75.5 Å². The highest BCUT2D eigenvalue weighted by Crippen LogP contribution is 2.33. The zero-order valence-corrected chi connectivity index (χ0v) is 13.3. The number of hydrogen-bond acceptors (Lipinski definition) is 1. The maximum absolute atomic E-state index is 13.7. The highest BCUT2D eigenvalue weighted by Gasteiger charge is 2.08. The Morgan fingerprint density at radius 2 is 1.86 bits per heavy atom. The third kappa shape index (κ3) is 3.04. The largest absolute Gasteiger partial charge is 0.488 e. The topological polar surface area (TPSA) is 9.23 Å². The Kier molecular flexibility index (Phi) is 4.13. The van der Waals surface area contributed by atoms with Gasteiger partial charge in [0.05, 0.1) is 4.47 Å². The molecule has 0 saturated carbocycles. The zero-order chi connectivity index (χ0) is 14.8. The molecule has 0 aromatic heterocycles. The lowest BCUT2D eigenvalue weighted by Gasteiger charge is -2.11. The summed E-state index contributed by atoms with van der Waals surface area (Å²) in [6.45, 7) is 0.128. The van der Waals surface area contributed by atoms with Crippen LogP contribution < -0.4 is 4.74 Å². The van der Waals surface area contributed by atoms with Crippen LogP contribution in [0.4, 0.5) is 4.39 Å². The minimum Gasteiger partial charge on any atom is -0.488 e. The molecule has 0 spiro atoms. The first kappa shape index (κ1) is 14.4. The maximum Gasteiger partial charge on any atom is 0.134 e. The average molecular weight is 366 g/mol. The van der Waals surface area contributed by atoms with Crippen molar-refractivity contribution in [3.63, 3.8) is 0 Å². The zero-order valence-electron chi connectivity index (χ0n) is 10.9. The van der Waals surface area contributed by atoms with Crippen LogP contribution in [-0.2, 0) is 6.61 Å². The molecule has 0 atom stereocenters. The lowest BCUT2D eigenvalue weighted by atomic mass is 10.1. The predicted molar refractivity (Wildman–Crippen MR) is 87.4 cm³/mol. The molecule has 0 radical (unpaired) electrons. The first-order valence-electron chi connectivity index (χ1n) is 6.39. The van der Waals surface area contributed by atoms with Crippen LogP contribution in [0.3, 0.4) is 0 Å². The van der Waals surface area contributed by atoms with Crippen LogP contribution in [0.25, 0.3) is 10.8 Å². The highest BCUT2D eigenvalue weighted by atomic mass is 79.9. The summed E-state index contributed by atoms with van der Waals surface area (Å²) in [7, 11) is 0. The standard InChI is InChI=1S/C17H11BrClFO/c18-17-14-4-2-1-3-11(14)5-8-16(17)21-10-12-9-13(19)6-7-15(12)20/h1-9H,10H2. The summed E-state index contributed by atoms with van der Waals surface area (Å²) in [5.41, 5.74) is 0.433. The molecule has 0 saturated heterocycles. The monoisotopic (exact) mass is 364 g/mol. The molecule has 3 aromatic carbocycles. The fourth-order valence-electron chi connectivity index (χ4n) is 2.13. The van der Waals surface area contributed by atoms with Crippen LogP contribution >= 0.6 is 27.5 Å². The number of rotatable bonds is 3. The van der Waals surface area contributed by atoms with Crippen molar-refractivity contribution in [2.45, 2.75) is 6.61 Å². The number of fused-ring (bicyclic) bond motifs is 1. The summed E-state index contributed by atoms with van der Waals surface area (Å²) in [6.07, 6.45) is 0. The van der Waals surface area contributed by atoms with Crippen LogP contribution in [0.5, 0.6) is 5.75 Å². The molecule has 21 heavy (non-hydrogen) atoms. The minimum atomic E-state index is -0.323. The van der Waals surface area contributed by atoms with Gasteiger partial charge in [-0.25, -0.2) is 4.39 Å². The molecule has 3 aromatic rings. The van der Waals surface area contributed by atoms with E-state index >= 15 is 0 Å². The van der Waals surface area contributed by atoms with Gasteiger partial charge in [-0.3, -0.25) is 0 Å². The minimum absolute atomic E-state index is 0.128. The number of benzene rings is 3. The van der Waals surface area contributed by atoms with Crippen molar-refractivity contribution in [2.75, 3.05) is 0 Å². The summed E-state index contributed by atoms with van der Waals surface area (Å²) >= 11 is 9.42. The van der Waals surface area contributed by atoms with Gasteiger partial charge in [0.15, 0.2) is 0 Å². The van der Waals surface area contributed by atoms with Gasteiger partial charge in [0, 0.05) is 10.6 Å². The molecule has 3 rings (SSSR count). The summed E-state index contributed by atoms with van der Waals surface area (Å²) in [6, 6.07) is 16.3. The molecule has 1 nitrogen and oxygen atoms in total. The Labute approximate surface area is 135 Å². The molecule has 4 heteroatoms. The van der Waals surface area contributed by atoms with Crippen molar-refractivity contribution in [1.29, 1.82) is 0 Å².